The molecular weight excluding hydrogens is 411 g/mol. The van der Waals surface area contributed by atoms with Gasteiger partial charge in [0.15, 0.2) is 0 Å². The largest absolute Gasteiger partial charge is 0.480 e. The van der Waals surface area contributed by atoms with Crippen LogP contribution in [0.3, 0.4) is 0 Å². The summed E-state index contributed by atoms with van der Waals surface area (Å²) < 4.78 is 20.6. The second kappa shape index (κ2) is 7.70. The number of aromatic nitrogens is 2. The number of aliphatic carboxylic acids is 1. The number of anilines is 3. The molecule has 31 heavy (non-hydrogen) atoms. The van der Waals surface area contributed by atoms with Crippen LogP contribution in [0.1, 0.15) is 15.9 Å². The van der Waals surface area contributed by atoms with E-state index >= 15 is 4.39 Å². The van der Waals surface area contributed by atoms with Crippen molar-refractivity contribution in [3.05, 3.63) is 35.4 Å². The fraction of sp³-hybridized carbons (Fsp3) is 0.316. The average Bonchev–Trinajstić information content (AvgIpc) is 2.93. The molecule has 0 spiro atoms. The third-order valence-corrected chi connectivity index (χ3v) is 5.10. The highest BCUT2D eigenvalue weighted by Gasteiger charge is 2.34. The van der Waals surface area contributed by atoms with Gasteiger partial charge >= 0.3 is 12.0 Å². The summed E-state index contributed by atoms with van der Waals surface area (Å²) in [5, 5.41) is 8.92. The van der Waals surface area contributed by atoms with E-state index in [4.69, 9.17) is 15.6 Å². The first-order valence-corrected chi connectivity index (χ1v) is 9.41. The van der Waals surface area contributed by atoms with E-state index in [9.17, 15) is 14.4 Å². The fourth-order valence-corrected chi connectivity index (χ4v) is 3.73. The molecule has 0 aliphatic carbocycles. The van der Waals surface area contributed by atoms with Crippen molar-refractivity contribution in [2.45, 2.75) is 6.92 Å². The number of urea groups is 1. The number of halogens is 1. The number of benzene rings is 1. The number of aryl methyl sites for hydroxylation is 1. The lowest BCUT2D eigenvalue weighted by atomic mass is 10.1. The highest BCUT2D eigenvalue weighted by atomic mass is 19.1. The maximum absolute atomic E-state index is 15.1. The maximum Gasteiger partial charge on any atom is 0.325 e. The number of amides is 3. The van der Waals surface area contributed by atoms with Crippen LogP contribution in [0.15, 0.2) is 18.5 Å². The Bertz CT molecular complexity index is 1070. The maximum atomic E-state index is 15.1. The van der Waals surface area contributed by atoms with Crippen LogP contribution in [0.4, 0.5) is 26.4 Å². The van der Waals surface area contributed by atoms with Gasteiger partial charge in [-0.1, -0.05) is 0 Å². The van der Waals surface area contributed by atoms with E-state index in [1.807, 2.05) is 0 Å². The Labute approximate surface area is 175 Å². The molecular formula is C19H19FN6O5. The summed E-state index contributed by atoms with van der Waals surface area (Å²) >= 11 is 0. The summed E-state index contributed by atoms with van der Waals surface area (Å²) in [6.45, 7) is 1.72. The quantitative estimate of drug-likeness (QED) is 0.728. The van der Waals surface area contributed by atoms with Gasteiger partial charge in [-0.25, -0.2) is 19.2 Å². The zero-order valence-electron chi connectivity index (χ0n) is 16.5. The predicted molar refractivity (Wildman–Crippen MR) is 107 cm³/mol. The second-order valence-electron chi connectivity index (χ2n) is 7.09. The summed E-state index contributed by atoms with van der Waals surface area (Å²) in [6, 6.07) is 2.14. The zero-order chi connectivity index (χ0) is 22.3. The minimum Gasteiger partial charge on any atom is -0.480 e. The number of nitrogens with two attached hydrogens (primary N) is 1. The molecule has 4 rings (SSSR count). The zero-order valence-corrected chi connectivity index (χ0v) is 16.5. The molecule has 162 valence electrons. The summed E-state index contributed by atoms with van der Waals surface area (Å²) in [5.74, 6) is -2.36. The topological polar surface area (TPSA) is 142 Å². The van der Waals surface area contributed by atoms with Crippen LogP contribution in [-0.2, 0) is 4.79 Å². The highest BCUT2D eigenvalue weighted by molar-refractivity contribution is 6.11. The minimum absolute atomic E-state index is 0.00108. The molecule has 12 heteroatoms. The van der Waals surface area contributed by atoms with Crippen molar-refractivity contribution in [1.82, 2.24) is 14.9 Å². The van der Waals surface area contributed by atoms with Crippen LogP contribution in [0.25, 0.3) is 0 Å². The molecule has 3 N–H and O–H groups in total. The van der Waals surface area contributed by atoms with E-state index in [1.54, 1.807) is 13.0 Å². The normalized spacial score (nSPS) is 16.3. The van der Waals surface area contributed by atoms with E-state index in [1.165, 1.54) is 16.1 Å². The van der Waals surface area contributed by atoms with Crippen LogP contribution in [0.5, 0.6) is 5.88 Å². The van der Waals surface area contributed by atoms with Gasteiger partial charge in [-0.05, 0) is 24.6 Å². The highest BCUT2D eigenvalue weighted by Crippen LogP contribution is 2.34. The Morgan fingerprint density at radius 3 is 2.71 bits per heavy atom. The number of carboxylic acids is 1. The molecule has 1 fully saturated rings. The number of hydrogen-bond acceptors (Lipinski definition) is 7. The summed E-state index contributed by atoms with van der Waals surface area (Å²) in [6.07, 6.45) is 1.19. The van der Waals surface area contributed by atoms with Gasteiger partial charge in [0, 0.05) is 18.8 Å². The number of carboxylic acid groups (broad SMARTS) is 1. The van der Waals surface area contributed by atoms with Gasteiger partial charge in [-0.3, -0.25) is 14.5 Å². The van der Waals surface area contributed by atoms with Crippen molar-refractivity contribution >= 4 is 35.1 Å². The van der Waals surface area contributed by atoms with Crippen LogP contribution >= 0.6 is 0 Å². The molecule has 11 nitrogen and oxygen atoms in total. The smallest absolute Gasteiger partial charge is 0.325 e. The third kappa shape index (κ3) is 3.56. The Morgan fingerprint density at radius 2 is 2.00 bits per heavy atom. The average molecular weight is 430 g/mol. The van der Waals surface area contributed by atoms with Crippen molar-refractivity contribution in [1.29, 1.82) is 0 Å². The number of carbonyl (C=O) groups is 3. The van der Waals surface area contributed by atoms with Gasteiger partial charge in [0.2, 0.25) is 5.88 Å². The van der Waals surface area contributed by atoms with Crippen LogP contribution in [0, 0.1) is 12.7 Å². The molecule has 3 amide bonds. The van der Waals surface area contributed by atoms with Gasteiger partial charge in [-0.15, -0.1) is 0 Å². The number of ether oxygens (including phenoxy) is 1. The molecule has 0 atom stereocenters. The van der Waals surface area contributed by atoms with E-state index in [0.717, 1.165) is 11.0 Å². The molecule has 1 saturated heterocycles. The molecule has 0 saturated carbocycles. The molecule has 0 unspecified atom stereocenters. The van der Waals surface area contributed by atoms with E-state index < -0.39 is 30.3 Å². The molecule has 2 aliphatic rings. The number of carbonyl (C=O) groups excluding carboxylic acids is 2. The molecule has 1 aromatic heterocycles. The number of nitrogen functional groups attached to an aromatic ring is 1. The Kier molecular flexibility index (Phi) is 5.05. The molecule has 3 heterocycles. The minimum atomic E-state index is -1.15. The third-order valence-electron chi connectivity index (χ3n) is 5.10. The summed E-state index contributed by atoms with van der Waals surface area (Å²) in [7, 11) is 0. The molecule has 0 radical (unpaired) electrons. The van der Waals surface area contributed by atoms with Gasteiger partial charge in [0.05, 0.1) is 12.2 Å². The Hall–Kier alpha value is -3.96. The van der Waals surface area contributed by atoms with Crippen molar-refractivity contribution in [2.75, 3.05) is 48.3 Å². The molecule has 0 bridgehead atoms. The van der Waals surface area contributed by atoms with Crippen molar-refractivity contribution in [3.8, 4) is 5.88 Å². The monoisotopic (exact) mass is 430 g/mol. The SMILES string of the molecule is Cc1cc(N2CCOc3ncnc(N)c3C2=O)cc(F)c1N1CCN(CC(=O)O)C1=O. The Balaban J connectivity index is 1.67. The number of fused-ring (bicyclic) bond motifs is 1. The summed E-state index contributed by atoms with van der Waals surface area (Å²) in [4.78, 5) is 47.9. The van der Waals surface area contributed by atoms with Gasteiger partial charge in [0.25, 0.3) is 5.91 Å². The van der Waals surface area contributed by atoms with Crippen LogP contribution in [0.2, 0.25) is 0 Å². The lowest BCUT2D eigenvalue weighted by Gasteiger charge is -2.24. The number of nitrogens with zero attached hydrogens (tertiary/aromatic N) is 5. The van der Waals surface area contributed by atoms with Gasteiger partial charge in [0.1, 0.15) is 36.7 Å². The summed E-state index contributed by atoms with van der Waals surface area (Å²) in [5.41, 5.74) is 6.55. The lowest BCUT2D eigenvalue weighted by Crippen LogP contribution is -2.36. The van der Waals surface area contributed by atoms with Crippen molar-refractivity contribution in [2.24, 2.45) is 0 Å². The molecule has 1 aromatic carbocycles. The number of rotatable bonds is 4. The van der Waals surface area contributed by atoms with Gasteiger partial charge < -0.3 is 25.4 Å². The molecule has 2 aliphatic heterocycles. The molecule has 2 aromatic rings. The lowest BCUT2D eigenvalue weighted by molar-refractivity contribution is -0.137. The standard InChI is InChI=1S/C19H19FN6O5/c1-10-6-11(25-4-5-31-17-14(18(25)29)16(21)22-9-23-17)7-12(20)15(10)26-3-2-24(19(26)30)8-13(27)28/h6-7,9H,2-5,8H2,1H3,(H,27,28)(H2,21,22,23). The van der Waals surface area contributed by atoms with E-state index in [-0.39, 0.29) is 54.9 Å². The predicted octanol–water partition coefficient (Wildman–Crippen LogP) is 0.872. The van der Waals surface area contributed by atoms with E-state index in [2.05, 4.69) is 9.97 Å². The van der Waals surface area contributed by atoms with Crippen LogP contribution in [-0.4, -0.2) is 70.7 Å². The first-order valence-electron chi connectivity index (χ1n) is 9.41. The second-order valence-corrected chi connectivity index (χ2v) is 7.09. The van der Waals surface area contributed by atoms with Crippen LogP contribution < -0.4 is 20.3 Å². The first kappa shape index (κ1) is 20.3. The van der Waals surface area contributed by atoms with Crippen molar-refractivity contribution < 1.29 is 28.6 Å². The Morgan fingerprint density at radius 1 is 1.23 bits per heavy atom. The van der Waals surface area contributed by atoms with Gasteiger partial charge in [-0.2, -0.15) is 0 Å². The fourth-order valence-electron chi connectivity index (χ4n) is 3.73. The van der Waals surface area contributed by atoms with Crippen molar-refractivity contribution in [3.63, 3.8) is 0 Å². The first-order chi connectivity index (χ1) is 14.8. The van der Waals surface area contributed by atoms with E-state index in [0.29, 0.717) is 5.56 Å². The number of hydrogen-bond donors (Lipinski definition) is 2.